The molecule has 2 rings (SSSR count). The van der Waals surface area contributed by atoms with Gasteiger partial charge in [-0.15, -0.1) is 0 Å². The lowest BCUT2D eigenvalue weighted by Crippen LogP contribution is -2.39. The molecule has 24 heavy (non-hydrogen) atoms. The molecule has 6 nitrogen and oxygen atoms in total. The molecule has 1 aromatic carbocycles. The zero-order valence-electron chi connectivity index (χ0n) is 12.7. The molecule has 0 unspecified atom stereocenters. The lowest BCUT2D eigenvalue weighted by Gasteiger charge is -2.18. The third-order valence-electron chi connectivity index (χ3n) is 3.47. The maximum absolute atomic E-state index is 12.4. The Balaban J connectivity index is 2.01. The predicted octanol–water partition coefficient (Wildman–Crippen LogP) is 1.37. The molecule has 1 saturated heterocycles. The normalized spacial score (nSPS) is 17.8. The number of halogens is 3. The number of methoxy groups -OCH3 is 1. The molecule has 0 bridgehead atoms. The summed E-state index contributed by atoms with van der Waals surface area (Å²) in [6.45, 7) is -1.54. The molecule has 1 fully saturated rings. The molecule has 1 aliphatic heterocycles. The number of nitrogens with one attached hydrogen (secondary N) is 1. The van der Waals surface area contributed by atoms with E-state index in [1.54, 1.807) is 0 Å². The SMILES string of the molecule is COC(=O)c1cccc(C(=O)N[C@H]2CC(=O)N(CC(F)(F)F)C2)c1. The molecular weight excluding hydrogens is 329 g/mol. The summed E-state index contributed by atoms with van der Waals surface area (Å²) in [5.41, 5.74) is 0.325. The summed E-state index contributed by atoms with van der Waals surface area (Å²) in [4.78, 5) is 35.8. The van der Waals surface area contributed by atoms with Crippen molar-refractivity contribution in [2.45, 2.75) is 18.6 Å². The molecule has 0 aliphatic carbocycles. The van der Waals surface area contributed by atoms with Gasteiger partial charge >= 0.3 is 12.1 Å². The van der Waals surface area contributed by atoms with Crippen LogP contribution in [0.5, 0.6) is 0 Å². The average molecular weight is 344 g/mol. The van der Waals surface area contributed by atoms with Gasteiger partial charge < -0.3 is 15.0 Å². The molecule has 1 N–H and O–H groups in total. The number of amides is 2. The van der Waals surface area contributed by atoms with Gasteiger partial charge in [0.15, 0.2) is 0 Å². The summed E-state index contributed by atoms with van der Waals surface area (Å²) >= 11 is 0. The van der Waals surface area contributed by atoms with Crippen LogP contribution in [0.4, 0.5) is 13.2 Å². The third-order valence-corrected chi connectivity index (χ3v) is 3.47. The molecule has 1 atom stereocenters. The molecule has 0 radical (unpaired) electrons. The van der Waals surface area contributed by atoms with Crippen molar-refractivity contribution in [3.8, 4) is 0 Å². The van der Waals surface area contributed by atoms with Gasteiger partial charge in [0.05, 0.1) is 18.7 Å². The Morgan fingerprint density at radius 1 is 1.33 bits per heavy atom. The molecule has 2 amide bonds. The van der Waals surface area contributed by atoms with E-state index in [0.29, 0.717) is 4.90 Å². The fourth-order valence-electron chi connectivity index (χ4n) is 2.41. The third kappa shape index (κ3) is 4.46. The quantitative estimate of drug-likeness (QED) is 0.837. The number of carbonyl (C=O) groups excluding carboxylic acids is 3. The van der Waals surface area contributed by atoms with Crippen LogP contribution in [0, 0.1) is 0 Å². The van der Waals surface area contributed by atoms with Crippen molar-refractivity contribution in [3.05, 3.63) is 35.4 Å². The van der Waals surface area contributed by atoms with E-state index in [2.05, 4.69) is 10.1 Å². The number of nitrogens with zero attached hydrogens (tertiary/aromatic N) is 1. The summed E-state index contributed by atoms with van der Waals surface area (Å²) < 4.78 is 41.6. The summed E-state index contributed by atoms with van der Waals surface area (Å²) in [5, 5.41) is 2.50. The van der Waals surface area contributed by atoms with Crippen molar-refractivity contribution >= 4 is 17.8 Å². The minimum absolute atomic E-state index is 0.152. The first-order chi connectivity index (χ1) is 11.2. The second kappa shape index (κ2) is 6.90. The Bertz CT molecular complexity index is 660. The summed E-state index contributed by atoms with van der Waals surface area (Å²) in [7, 11) is 1.20. The van der Waals surface area contributed by atoms with Gasteiger partial charge in [-0.1, -0.05) is 6.07 Å². The van der Waals surface area contributed by atoms with Crippen molar-refractivity contribution in [1.29, 1.82) is 0 Å². The van der Waals surface area contributed by atoms with Crippen LogP contribution >= 0.6 is 0 Å². The van der Waals surface area contributed by atoms with Crippen LogP contribution in [0.3, 0.4) is 0 Å². The molecular formula is C15H15F3N2O4. The number of alkyl halides is 3. The Hall–Kier alpha value is -2.58. The number of rotatable bonds is 4. The van der Waals surface area contributed by atoms with Gasteiger partial charge in [0.2, 0.25) is 5.91 Å². The summed E-state index contributed by atoms with van der Waals surface area (Å²) in [6, 6.07) is 5.00. The second-order valence-electron chi connectivity index (χ2n) is 5.34. The van der Waals surface area contributed by atoms with E-state index in [1.807, 2.05) is 0 Å². The molecule has 1 aliphatic rings. The molecule has 1 aromatic rings. The Kier molecular flexibility index (Phi) is 5.10. The van der Waals surface area contributed by atoms with Crippen molar-refractivity contribution in [2.24, 2.45) is 0 Å². The van der Waals surface area contributed by atoms with Crippen molar-refractivity contribution < 1.29 is 32.3 Å². The van der Waals surface area contributed by atoms with Crippen LogP contribution in [-0.2, 0) is 9.53 Å². The fourth-order valence-corrected chi connectivity index (χ4v) is 2.41. The first-order valence-corrected chi connectivity index (χ1v) is 7.03. The van der Waals surface area contributed by atoms with E-state index in [-0.39, 0.29) is 24.1 Å². The lowest BCUT2D eigenvalue weighted by molar-refractivity contribution is -0.157. The molecule has 9 heteroatoms. The highest BCUT2D eigenvalue weighted by Gasteiger charge is 2.38. The topological polar surface area (TPSA) is 75.7 Å². The number of ether oxygens (including phenoxy) is 1. The number of carbonyl (C=O) groups is 3. The molecule has 0 aromatic heterocycles. The first-order valence-electron chi connectivity index (χ1n) is 7.03. The summed E-state index contributed by atoms with van der Waals surface area (Å²) in [5.74, 6) is -1.86. The van der Waals surface area contributed by atoms with Gasteiger partial charge in [-0.3, -0.25) is 9.59 Å². The van der Waals surface area contributed by atoms with Crippen LogP contribution in [0.15, 0.2) is 24.3 Å². The second-order valence-corrected chi connectivity index (χ2v) is 5.34. The Labute approximate surface area is 135 Å². The molecule has 1 heterocycles. The Morgan fingerprint density at radius 3 is 2.62 bits per heavy atom. The summed E-state index contributed by atoms with van der Waals surface area (Å²) in [6.07, 6.45) is -4.68. The number of esters is 1. The van der Waals surface area contributed by atoms with Gasteiger partial charge in [0.1, 0.15) is 6.54 Å². The number of hydrogen-bond acceptors (Lipinski definition) is 4. The largest absolute Gasteiger partial charge is 0.465 e. The van der Waals surface area contributed by atoms with Crippen molar-refractivity contribution in [3.63, 3.8) is 0 Å². The maximum Gasteiger partial charge on any atom is 0.406 e. The van der Waals surface area contributed by atoms with Crippen LogP contribution in [-0.4, -0.2) is 55.1 Å². The van der Waals surface area contributed by atoms with E-state index in [9.17, 15) is 27.6 Å². The smallest absolute Gasteiger partial charge is 0.406 e. The zero-order valence-corrected chi connectivity index (χ0v) is 12.7. The standard InChI is InChI=1S/C15H15F3N2O4/c1-24-14(23)10-4-2-3-9(5-10)13(22)19-11-6-12(21)20(7-11)8-15(16,17)18/h2-5,11H,6-8H2,1H3,(H,19,22)/t11-/m0/s1. The number of likely N-dealkylation sites (tertiary alicyclic amines) is 1. The maximum atomic E-state index is 12.4. The molecule has 0 saturated carbocycles. The van der Waals surface area contributed by atoms with Crippen LogP contribution in [0.2, 0.25) is 0 Å². The van der Waals surface area contributed by atoms with Gasteiger partial charge in [-0.05, 0) is 18.2 Å². The fraction of sp³-hybridized carbons (Fsp3) is 0.400. The van der Waals surface area contributed by atoms with Crippen LogP contribution in [0.25, 0.3) is 0 Å². The van der Waals surface area contributed by atoms with Gasteiger partial charge in [-0.25, -0.2) is 4.79 Å². The monoisotopic (exact) mass is 344 g/mol. The van der Waals surface area contributed by atoms with E-state index in [1.165, 1.54) is 31.4 Å². The minimum Gasteiger partial charge on any atom is -0.465 e. The lowest BCUT2D eigenvalue weighted by atomic mass is 10.1. The van der Waals surface area contributed by atoms with Crippen molar-refractivity contribution in [1.82, 2.24) is 10.2 Å². The van der Waals surface area contributed by atoms with Crippen LogP contribution < -0.4 is 5.32 Å². The highest BCUT2D eigenvalue weighted by Crippen LogP contribution is 2.21. The number of hydrogen-bond donors (Lipinski definition) is 1. The number of benzene rings is 1. The zero-order chi connectivity index (χ0) is 17.9. The van der Waals surface area contributed by atoms with Gasteiger partial charge in [0, 0.05) is 18.5 Å². The highest BCUT2D eigenvalue weighted by atomic mass is 19.4. The predicted molar refractivity (Wildman–Crippen MR) is 76.3 cm³/mol. The van der Waals surface area contributed by atoms with E-state index < -0.39 is 36.5 Å². The van der Waals surface area contributed by atoms with Gasteiger partial charge in [0.25, 0.3) is 5.91 Å². The van der Waals surface area contributed by atoms with E-state index in [0.717, 1.165) is 0 Å². The average Bonchev–Trinajstić information content (AvgIpc) is 2.84. The molecule has 0 spiro atoms. The van der Waals surface area contributed by atoms with Gasteiger partial charge in [-0.2, -0.15) is 13.2 Å². The van der Waals surface area contributed by atoms with Crippen LogP contribution in [0.1, 0.15) is 27.1 Å². The van der Waals surface area contributed by atoms with Crippen molar-refractivity contribution in [2.75, 3.05) is 20.2 Å². The highest BCUT2D eigenvalue weighted by molar-refractivity contribution is 5.98. The first kappa shape index (κ1) is 17.8. The van der Waals surface area contributed by atoms with E-state index in [4.69, 9.17) is 0 Å². The minimum atomic E-state index is -4.48. The Morgan fingerprint density at radius 2 is 2.00 bits per heavy atom. The molecule has 130 valence electrons. The van der Waals surface area contributed by atoms with E-state index >= 15 is 0 Å².